The average molecular weight is 278 g/mol. The number of amides is 1. The van der Waals surface area contributed by atoms with Crippen LogP contribution in [0.5, 0.6) is 5.75 Å². The zero-order chi connectivity index (χ0) is 15.0. The lowest BCUT2D eigenvalue weighted by Crippen LogP contribution is -2.29. The molecule has 0 aliphatic heterocycles. The fourth-order valence-corrected chi connectivity index (χ4v) is 1.89. The molecule has 0 fully saturated rings. The Hall–Kier alpha value is -1.55. The summed E-state index contributed by atoms with van der Waals surface area (Å²) in [6, 6.07) is 6.10. The number of benzene rings is 1. The van der Waals surface area contributed by atoms with E-state index >= 15 is 0 Å². The lowest BCUT2D eigenvalue weighted by Gasteiger charge is -2.15. The Morgan fingerprint density at radius 1 is 1.40 bits per heavy atom. The largest absolute Gasteiger partial charge is 0.483 e. The first-order chi connectivity index (χ1) is 9.56. The molecular weight excluding hydrogens is 252 g/mol. The van der Waals surface area contributed by atoms with Crippen LogP contribution in [0, 0.1) is 6.92 Å². The number of nitrogens with two attached hydrogens (primary N) is 1. The number of aryl methyl sites for hydroxylation is 1. The minimum Gasteiger partial charge on any atom is -0.483 e. The van der Waals surface area contributed by atoms with Gasteiger partial charge in [-0.2, -0.15) is 0 Å². The van der Waals surface area contributed by atoms with E-state index in [2.05, 4.69) is 18.3 Å². The molecule has 0 saturated carbocycles. The summed E-state index contributed by atoms with van der Waals surface area (Å²) in [7, 11) is 0. The third kappa shape index (κ3) is 5.61. The Labute approximate surface area is 121 Å². The summed E-state index contributed by atoms with van der Waals surface area (Å²) >= 11 is 0. The Morgan fingerprint density at radius 2 is 2.15 bits per heavy atom. The van der Waals surface area contributed by atoms with Crippen molar-refractivity contribution in [2.24, 2.45) is 5.73 Å². The van der Waals surface area contributed by atoms with Crippen molar-refractivity contribution in [1.82, 2.24) is 5.32 Å². The summed E-state index contributed by atoms with van der Waals surface area (Å²) in [5.41, 5.74) is 8.25. The van der Waals surface area contributed by atoms with Gasteiger partial charge in [0.1, 0.15) is 5.75 Å². The molecule has 1 rings (SSSR count). The summed E-state index contributed by atoms with van der Waals surface area (Å²) in [6.07, 6.45) is 2.61. The molecule has 1 amide bonds. The van der Waals surface area contributed by atoms with Crippen LogP contribution in [0.25, 0.3) is 0 Å². The molecule has 0 aromatic heterocycles. The lowest BCUT2D eigenvalue weighted by atomic mass is 10.0. The van der Waals surface area contributed by atoms with Gasteiger partial charge in [0.25, 0.3) is 5.91 Å². The van der Waals surface area contributed by atoms with Gasteiger partial charge >= 0.3 is 0 Å². The van der Waals surface area contributed by atoms with Crippen LogP contribution in [0.1, 0.15) is 37.8 Å². The van der Waals surface area contributed by atoms with Gasteiger partial charge < -0.3 is 15.8 Å². The average Bonchev–Trinajstić information content (AvgIpc) is 2.44. The predicted molar refractivity (Wildman–Crippen MR) is 81.9 cm³/mol. The SMILES string of the molecule is CCCNC(=O)COc1ccc(C)cc1CC(N)CC. The Bertz CT molecular complexity index is 432. The molecular formula is C16H26N2O2. The maximum absolute atomic E-state index is 11.6. The first kappa shape index (κ1) is 16.5. The van der Waals surface area contributed by atoms with E-state index in [1.807, 2.05) is 26.0 Å². The van der Waals surface area contributed by atoms with Crippen LogP contribution in [-0.2, 0) is 11.2 Å². The molecule has 4 nitrogen and oxygen atoms in total. The maximum atomic E-state index is 11.6. The number of carbonyl (C=O) groups is 1. The molecule has 0 aliphatic carbocycles. The van der Waals surface area contributed by atoms with Crippen LogP contribution in [-0.4, -0.2) is 25.1 Å². The third-order valence-corrected chi connectivity index (χ3v) is 3.15. The van der Waals surface area contributed by atoms with Crippen molar-refractivity contribution in [3.05, 3.63) is 29.3 Å². The van der Waals surface area contributed by atoms with Crippen molar-refractivity contribution in [2.45, 2.75) is 46.1 Å². The van der Waals surface area contributed by atoms with Gasteiger partial charge in [-0.25, -0.2) is 0 Å². The molecule has 0 spiro atoms. The molecule has 1 atom stereocenters. The van der Waals surface area contributed by atoms with Crippen LogP contribution in [0.2, 0.25) is 0 Å². The third-order valence-electron chi connectivity index (χ3n) is 3.15. The highest BCUT2D eigenvalue weighted by Crippen LogP contribution is 2.21. The molecule has 1 unspecified atom stereocenters. The van der Waals surface area contributed by atoms with Crippen molar-refractivity contribution in [3.8, 4) is 5.75 Å². The van der Waals surface area contributed by atoms with Crippen LogP contribution < -0.4 is 15.8 Å². The Balaban J connectivity index is 2.66. The van der Waals surface area contributed by atoms with E-state index in [-0.39, 0.29) is 18.6 Å². The normalized spacial score (nSPS) is 12.0. The smallest absolute Gasteiger partial charge is 0.257 e. The molecule has 3 N–H and O–H groups in total. The Kier molecular flexibility index (Phi) is 7.09. The summed E-state index contributed by atoms with van der Waals surface area (Å²) in [4.78, 5) is 11.6. The van der Waals surface area contributed by atoms with E-state index in [9.17, 15) is 4.79 Å². The summed E-state index contributed by atoms with van der Waals surface area (Å²) in [6.45, 7) is 6.87. The fourth-order valence-electron chi connectivity index (χ4n) is 1.89. The van der Waals surface area contributed by atoms with Gasteiger partial charge in [0.15, 0.2) is 6.61 Å². The molecule has 0 bridgehead atoms. The zero-order valence-electron chi connectivity index (χ0n) is 12.7. The number of nitrogens with one attached hydrogen (secondary N) is 1. The van der Waals surface area contributed by atoms with Crippen molar-refractivity contribution >= 4 is 5.91 Å². The zero-order valence-corrected chi connectivity index (χ0v) is 12.7. The second-order valence-electron chi connectivity index (χ2n) is 5.12. The summed E-state index contributed by atoms with van der Waals surface area (Å²) in [5, 5.41) is 2.80. The van der Waals surface area contributed by atoms with Gasteiger partial charge in [-0.3, -0.25) is 4.79 Å². The second kappa shape index (κ2) is 8.59. The van der Waals surface area contributed by atoms with Gasteiger partial charge in [-0.15, -0.1) is 0 Å². The molecule has 1 aromatic rings. The fraction of sp³-hybridized carbons (Fsp3) is 0.562. The molecule has 0 heterocycles. The Morgan fingerprint density at radius 3 is 2.80 bits per heavy atom. The van der Waals surface area contributed by atoms with Gasteiger partial charge in [-0.1, -0.05) is 31.5 Å². The van der Waals surface area contributed by atoms with Crippen molar-refractivity contribution in [2.75, 3.05) is 13.2 Å². The van der Waals surface area contributed by atoms with Crippen molar-refractivity contribution < 1.29 is 9.53 Å². The van der Waals surface area contributed by atoms with E-state index in [4.69, 9.17) is 10.5 Å². The minimum atomic E-state index is -0.0850. The van der Waals surface area contributed by atoms with E-state index in [1.54, 1.807) is 0 Å². The lowest BCUT2D eigenvalue weighted by molar-refractivity contribution is -0.123. The molecule has 0 saturated heterocycles. The first-order valence-electron chi connectivity index (χ1n) is 7.31. The van der Waals surface area contributed by atoms with E-state index in [0.29, 0.717) is 6.54 Å². The van der Waals surface area contributed by atoms with E-state index in [1.165, 1.54) is 5.56 Å². The highest BCUT2D eigenvalue weighted by molar-refractivity contribution is 5.77. The quantitative estimate of drug-likeness (QED) is 0.766. The topological polar surface area (TPSA) is 64.3 Å². The molecule has 1 aromatic carbocycles. The number of hydrogen-bond acceptors (Lipinski definition) is 3. The monoisotopic (exact) mass is 278 g/mol. The van der Waals surface area contributed by atoms with E-state index in [0.717, 1.165) is 30.6 Å². The highest BCUT2D eigenvalue weighted by atomic mass is 16.5. The summed E-state index contributed by atoms with van der Waals surface area (Å²) in [5.74, 6) is 0.671. The minimum absolute atomic E-state index is 0.0530. The number of rotatable bonds is 8. The van der Waals surface area contributed by atoms with Gasteiger partial charge in [0, 0.05) is 12.6 Å². The van der Waals surface area contributed by atoms with Crippen LogP contribution in [0.3, 0.4) is 0 Å². The number of hydrogen-bond donors (Lipinski definition) is 2. The molecule has 0 radical (unpaired) electrons. The molecule has 112 valence electrons. The number of ether oxygens (including phenoxy) is 1. The summed E-state index contributed by atoms with van der Waals surface area (Å²) < 4.78 is 5.63. The van der Waals surface area contributed by atoms with Crippen LogP contribution >= 0.6 is 0 Å². The molecule has 0 aliphatic rings. The van der Waals surface area contributed by atoms with E-state index < -0.39 is 0 Å². The van der Waals surface area contributed by atoms with Gasteiger partial charge in [-0.05, 0) is 37.8 Å². The van der Waals surface area contributed by atoms with Gasteiger partial charge in [0.2, 0.25) is 0 Å². The van der Waals surface area contributed by atoms with Crippen LogP contribution in [0.4, 0.5) is 0 Å². The standard InChI is InChI=1S/C16H26N2O2/c1-4-8-18-16(19)11-20-15-7-6-12(3)9-13(15)10-14(17)5-2/h6-7,9,14H,4-5,8,10-11,17H2,1-3H3,(H,18,19). The van der Waals surface area contributed by atoms with Gasteiger partial charge in [0.05, 0.1) is 0 Å². The van der Waals surface area contributed by atoms with Crippen molar-refractivity contribution in [1.29, 1.82) is 0 Å². The highest BCUT2D eigenvalue weighted by Gasteiger charge is 2.10. The maximum Gasteiger partial charge on any atom is 0.257 e. The van der Waals surface area contributed by atoms with Crippen LogP contribution in [0.15, 0.2) is 18.2 Å². The predicted octanol–water partition coefficient (Wildman–Crippen LogP) is 2.18. The molecule has 4 heteroatoms. The second-order valence-corrected chi connectivity index (χ2v) is 5.12. The molecule has 20 heavy (non-hydrogen) atoms. The number of carbonyl (C=O) groups excluding carboxylic acids is 1. The van der Waals surface area contributed by atoms with Crippen molar-refractivity contribution in [3.63, 3.8) is 0 Å². The first-order valence-corrected chi connectivity index (χ1v) is 7.31.